The van der Waals surface area contributed by atoms with Gasteiger partial charge >= 0.3 is 0 Å². The van der Waals surface area contributed by atoms with Gasteiger partial charge in [-0.1, -0.05) is 20.8 Å². The van der Waals surface area contributed by atoms with E-state index in [1.54, 1.807) is 0 Å². The zero-order valence-corrected chi connectivity index (χ0v) is 9.59. The van der Waals surface area contributed by atoms with Crippen molar-refractivity contribution in [3.05, 3.63) is 0 Å². The fraction of sp³-hybridized carbons (Fsp3) is 0.909. The Balaban J connectivity index is 2.55. The fourth-order valence-electron chi connectivity index (χ4n) is 1.79. The first-order valence-corrected chi connectivity index (χ1v) is 5.14. The van der Waals surface area contributed by atoms with Gasteiger partial charge in [0.15, 0.2) is 0 Å². The standard InChI is InChI=1S/C11H22N2/c1-9-12-10(6-7-13(9)5)8-11(2,3)4/h10H,6-8H2,1-5H3. The molecule has 76 valence electrons. The number of amidine groups is 1. The van der Waals surface area contributed by atoms with E-state index in [1.807, 2.05) is 0 Å². The zero-order valence-electron chi connectivity index (χ0n) is 9.59. The average Bonchev–Trinajstić information content (AvgIpc) is 1.94. The molecule has 0 aliphatic carbocycles. The highest BCUT2D eigenvalue weighted by Gasteiger charge is 2.21. The second-order valence-electron chi connectivity index (χ2n) is 5.31. The smallest absolute Gasteiger partial charge is 0.0958 e. The summed E-state index contributed by atoms with van der Waals surface area (Å²) in [4.78, 5) is 6.93. The van der Waals surface area contributed by atoms with Gasteiger partial charge in [0, 0.05) is 13.6 Å². The number of aliphatic imine (C=N–C) groups is 1. The normalized spacial score (nSPS) is 24.5. The number of hydrogen-bond donors (Lipinski definition) is 0. The van der Waals surface area contributed by atoms with Crippen molar-refractivity contribution in [2.75, 3.05) is 13.6 Å². The third kappa shape index (κ3) is 3.37. The fourth-order valence-corrected chi connectivity index (χ4v) is 1.79. The molecule has 1 rings (SSSR count). The topological polar surface area (TPSA) is 15.6 Å². The van der Waals surface area contributed by atoms with Crippen LogP contribution in [-0.4, -0.2) is 30.4 Å². The molecule has 0 fully saturated rings. The van der Waals surface area contributed by atoms with Gasteiger partial charge < -0.3 is 4.90 Å². The van der Waals surface area contributed by atoms with Crippen molar-refractivity contribution < 1.29 is 0 Å². The van der Waals surface area contributed by atoms with Gasteiger partial charge in [-0.05, 0) is 25.2 Å². The summed E-state index contributed by atoms with van der Waals surface area (Å²) in [6, 6.07) is 0.552. The highest BCUT2D eigenvalue weighted by Crippen LogP contribution is 2.25. The predicted molar refractivity (Wildman–Crippen MR) is 58.2 cm³/mol. The van der Waals surface area contributed by atoms with Crippen molar-refractivity contribution in [3.8, 4) is 0 Å². The quantitative estimate of drug-likeness (QED) is 0.608. The van der Waals surface area contributed by atoms with Crippen LogP contribution in [-0.2, 0) is 0 Å². The molecular weight excluding hydrogens is 160 g/mol. The molecule has 0 aromatic heterocycles. The summed E-state index contributed by atoms with van der Waals surface area (Å²) in [5.41, 5.74) is 0.407. The molecule has 0 amide bonds. The van der Waals surface area contributed by atoms with Gasteiger partial charge in [0.05, 0.1) is 11.9 Å². The lowest BCUT2D eigenvalue weighted by molar-refractivity contribution is 0.304. The van der Waals surface area contributed by atoms with E-state index in [0.29, 0.717) is 11.5 Å². The monoisotopic (exact) mass is 182 g/mol. The van der Waals surface area contributed by atoms with E-state index in [9.17, 15) is 0 Å². The summed E-state index contributed by atoms with van der Waals surface area (Å²) < 4.78 is 0. The molecule has 0 saturated heterocycles. The second kappa shape index (κ2) is 3.69. The molecule has 0 saturated carbocycles. The lowest BCUT2D eigenvalue weighted by Crippen LogP contribution is -2.35. The van der Waals surface area contributed by atoms with Crippen LogP contribution in [0.2, 0.25) is 0 Å². The highest BCUT2D eigenvalue weighted by atomic mass is 15.2. The first-order valence-electron chi connectivity index (χ1n) is 5.14. The molecule has 1 aliphatic heterocycles. The summed E-state index contributed by atoms with van der Waals surface area (Å²) >= 11 is 0. The summed E-state index contributed by atoms with van der Waals surface area (Å²) in [5, 5.41) is 0. The van der Waals surface area contributed by atoms with E-state index in [0.717, 1.165) is 6.54 Å². The third-order valence-electron chi connectivity index (χ3n) is 2.57. The molecule has 1 unspecified atom stereocenters. The molecule has 1 heterocycles. The van der Waals surface area contributed by atoms with Gasteiger partial charge in [-0.3, -0.25) is 4.99 Å². The molecule has 2 nitrogen and oxygen atoms in total. The maximum atomic E-state index is 4.69. The van der Waals surface area contributed by atoms with Crippen molar-refractivity contribution in [1.29, 1.82) is 0 Å². The number of rotatable bonds is 1. The van der Waals surface area contributed by atoms with Crippen molar-refractivity contribution in [1.82, 2.24) is 4.90 Å². The number of hydrogen-bond acceptors (Lipinski definition) is 2. The summed E-state index contributed by atoms with van der Waals surface area (Å²) in [7, 11) is 2.12. The van der Waals surface area contributed by atoms with Crippen molar-refractivity contribution in [3.63, 3.8) is 0 Å². The molecule has 13 heavy (non-hydrogen) atoms. The van der Waals surface area contributed by atoms with Crippen LogP contribution in [0, 0.1) is 5.41 Å². The lowest BCUT2D eigenvalue weighted by atomic mass is 9.87. The molecule has 1 atom stereocenters. The Kier molecular flexibility index (Phi) is 2.99. The van der Waals surface area contributed by atoms with Crippen LogP contribution >= 0.6 is 0 Å². The van der Waals surface area contributed by atoms with E-state index in [2.05, 4.69) is 39.6 Å². The molecule has 1 aliphatic rings. The van der Waals surface area contributed by atoms with E-state index in [-0.39, 0.29) is 0 Å². The predicted octanol–water partition coefficient (Wildman–Crippen LogP) is 2.55. The van der Waals surface area contributed by atoms with Crippen LogP contribution in [0.4, 0.5) is 0 Å². The molecule has 2 heteroatoms. The lowest BCUT2D eigenvalue weighted by Gasteiger charge is -2.31. The van der Waals surface area contributed by atoms with Crippen LogP contribution < -0.4 is 0 Å². The largest absolute Gasteiger partial charge is 0.364 e. The van der Waals surface area contributed by atoms with Gasteiger partial charge in [0.25, 0.3) is 0 Å². The molecule has 0 spiro atoms. The van der Waals surface area contributed by atoms with Crippen LogP contribution in [0.5, 0.6) is 0 Å². The zero-order chi connectivity index (χ0) is 10.1. The third-order valence-corrected chi connectivity index (χ3v) is 2.57. The van der Waals surface area contributed by atoms with E-state index in [1.165, 1.54) is 18.7 Å². The van der Waals surface area contributed by atoms with Gasteiger partial charge in [-0.2, -0.15) is 0 Å². The van der Waals surface area contributed by atoms with Gasteiger partial charge in [0.2, 0.25) is 0 Å². The first kappa shape index (κ1) is 10.6. The molecular formula is C11H22N2. The summed E-state index contributed by atoms with van der Waals surface area (Å²) in [6.07, 6.45) is 2.42. The molecule has 0 N–H and O–H groups in total. The van der Waals surface area contributed by atoms with Crippen LogP contribution in [0.25, 0.3) is 0 Å². The second-order valence-corrected chi connectivity index (χ2v) is 5.31. The van der Waals surface area contributed by atoms with Gasteiger partial charge in [-0.25, -0.2) is 0 Å². The minimum absolute atomic E-state index is 0.407. The maximum Gasteiger partial charge on any atom is 0.0958 e. The maximum absolute atomic E-state index is 4.69. The molecule has 0 aromatic carbocycles. The van der Waals surface area contributed by atoms with Gasteiger partial charge in [-0.15, -0.1) is 0 Å². The van der Waals surface area contributed by atoms with Crippen LogP contribution in [0.15, 0.2) is 4.99 Å². The van der Waals surface area contributed by atoms with Gasteiger partial charge in [0.1, 0.15) is 0 Å². The summed E-state index contributed by atoms with van der Waals surface area (Å²) in [5.74, 6) is 1.19. The van der Waals surface area contributed by atoms with Crippen molar-refractivity contribution in [2.24, 2.45) is 10.4 Å². The highest BCUT2D eigenvalue weighted by molar-refractivity contribution is 5.80. The van der Waals surface area contributed by atoms with E-state index in [4.69, 9.17) is 4.99 Å². The van der Waals surface area contributed by atoms with Crippen LogP contribution in [0.3, 0.4) is 0 Å². The minimum Gasteiger partial charge on any atom is -0.364 e. The Morgan fingerprint density at radius 3 is 2.54 bits per heavy atom. The van der Waals surface area contributed by atoms with E-state index < -0.39 is 0 Å². The number of nitrogens with zero attached hydrogens (tertiary/aromatic N) is 2. The summed E-state index contributed by atoms with van der Waals surface area (Å²) in [6.45, 7) is 10.1. The van der Waals surface area contributed by atoms with Crippen molar-refractivity contribution in [2.45, 2.75) is 46.6 Å². The van der Waals surface area contributed by atoms with E-state index >= 15 is 0 Å². The Bertz CT molecular complexity index is 201. The molecule has 0 bridgehead atoms. The average molecular weight is 182 g/mol. The molecule has 0 radical (unpaired) electrons. The SMILES string of the molecule is CC1=NC(CC(C)(C)C)CCN1C. The van der Waals surface area contributed by atoms with Crippen molar-refractivity contribution >= 4 is 5.84 Å². The minimum atomic E-state index is 0.407. The Labute approximate surface area is 82.0 Å². The first-order chi connectivity index (χ1) is 5.88. The van der Waals surface area contributed by atoms with Crippen LogP contribution in [0.1, 0.15) is 40.5 Å². The Morgan fingerprint density at radius 1 is 1.46 bits per heavy atom. The molecule has 0 aromatic rings. The Morgan fingerprint density at radius 2 is 2.08 bits per heavy atom. The Hall–Kier alpha value is -0.530.